The van der Waals surface area contributed by atoms with Crippen LogP contribution in [0.1, 0.15) is 86.5 Å². The minimum atomic E-state index is -0.980. The molecular formula is C27H38O6. The lowest BCUT2D eigenvalue weighted by molar-refractivity contribution is -0.159. The lowest BCUT2D eigenvalue weighted by Gasteiger charge is -2.61. The molecule has 182 valence electrons. The van der Waals surface area contributed by atoms with Gasteiger partial charge in [-0.3, -0.25) is 14.4 Å². The van der Waals surface area contributed by atoms with Crippen molar-refractivity contribution >= 4 is 17.5 Å². The maximum absolute atomic E-state index is 14.0. The van der Waals surface area contributed by atoms with Crippen molar-refractivity contribution in [1.82, 2.24) is 0 Å². The van der Waals surface area contributed by atoms with Crippen LogP contribution in [0.5, 0.6) is 0 Å². The first-order valence-electron chi connectivity index (χ1n) is 12.5. The standard InChI is InChI=1S/C27H38O6/c1-23(2)16-11-14(28)22-21(24(16,3)9-7-18(23)30)15(29)13-25(4)17(12-19(31)27(22,25)6)26(5)10-8-20(32)33-26/h14,16-18,28,30H,7-13H2,1-6H3/t14-,16-,17-,18-,24-,25+,26?,27-/m0/s1. The Kier molecular flexibility index (Phi) is 4.62. The molecule has 1 heterocycles. The SMILES string of the molecule is CC1([C@H]2CC(=O)[C@@]3(C)C4=C(C(=O)C[C@]23C)[C@@]2(C)CC[C@H](O)C(C)(C)[C@@H]2C[C@@H]4O)CCC(=O)O1. The number of rotatable bonds is 1. The molecule has 0 radical (unpaired) electrons. The number of ketones is 2. The Morgan fingerprint density at radius 2 is 1.61 bits per heavy atom. The Morgan fingerprint density at radius 1 is 0.939 bits per heavy atom. The largest absolute Gasteiger partial charge is 0.459 e. The van der Waals surface area contributed by atoms with Crippen molar-refractivity contribution in [2.45, 2.75) is 104 Å². The van der Waals surface area contributed by atoms with Crippen LogP contribution in [-0.2, 0) is 19.1 Å². The number of Topliss-reactive ketones (excluding diaryl/α,β-unsaturated/α-hetero) is 2. The average Bonchev–Trinajstić information content (AvgIpc) is 3.16. The van der Waals surface area contributed by atoms with Gasteiger partial charge in [0.2, 0.25) is 0 Å². The zero-order valence-corrected chi connectivity index (χ0v) is 20.8. The monoisotopic (exact) mass is 458 g/mol. The fraction of sp³-hybridized carbons (Fsp3) is 0.815. The maximum Gasteiger partial charge on any atom is 0.306 e. The molecule has 0 bridgehead atoms. The summed E-state index contributed by atoms with van der Waals surface area (Å²) in [5.41, 5.74) is -2.15. The third-order valence-corrected chi connectivity index (χ3v) is 11.2. The third-order valence-electron chi connectivity index (χ3n) is 11.2. The molecule has 4 aliphatic carbocycles. The number of hydrogen-bond donors (Lipinski definition) is 2. The zero-order valence-electron chi connectivity index (χ0n) is 20.8. The summed E-state index contributed by atoms with van der Waals surface area (Å²) in [5, 5.41) is 22.3. The number of ether oxygens (including phenoxy) is 1. The summed E-state index contributed by atoms with van der Waals surface area (Å²) in [5.74, 6) is -0.527. The molecule has 0 aromatic rings. The lowest BCUT2D eigenvalue weighted by atomic mass is 9.42. The highest BCUT2D eigenvalue weighted by Crippen LogP contribution is 2.71. The van der Waals surface area contributed by atoms with Crippen LogP contribution >= 0.6 is 0 Å². The fourth-order valence-corrected chi connectivity index (χ4v) is 9.08. The third kappa shape index (κ3) is 2.60. The summed E-state index contributed by atoms with van der Waals surface area (Å²) >= 11 is 0. The Labute approximate surface area is 196 Å². The van der Waals surface area contributed by atoms with E-state index in [1.165, 1.54) is 0 Å². The van der Waals surface area contributed by atoms with Crippen molar-refractivity contribution in [3.63, 3.8) is 0 Å². The summed E-state index contributed by atoms with van der Waals surface area (Å²) in [6, 6.07) is 0. The summed E-state index contributed by atoms with van der Waals surface area (Å²) < 4.78 is 5.77. The van der Waals surface area contributed by atoms with Gasteiger partial charge in [0.25, 0.3) is 0 Å². The molecule has 0 aromatic heterocycles. The minimum absolute atomic E-state index is 0.0102. The van der Waals surface area contributed by atoms with E-state index in [1.54, 1.807) is 0 Å². The molecule has 1 saturated heterocycles. The van der Waals surface area contributed by atoms with Crippen LogP contribution in [0.4, 0.5) is 0 Å². The molecule has 0 spiro atoms. The van der Waals surface area contributed by atoms with Crippen molar-refractivity contribution in [1.29, 1.82) is 0 Å². The van der Waals surface area contributed by atoms with Crippen LogP contribution in [0.3, 0.4) is 0 Å². The van der Waals surface area contributed by atoms with E-state index in [0.717, 1.165) is 0 Å². The highest BCUT2D eigenvalue weighted by atomic mass is 16.6. The molecule has 0 amide bonds. The smallest absolute Gasteiger partial charge is 0.306 e. The Bertz CT molecular complexity index is 995. The van der Waals surface area contributed by atoms with Crippen LogP contribution < -0.4 is 0 Å². The maximum atomic E-state index is 14.0. The summed E-state index contributed by atoms with van der Waals surface area (Å²) in [6.07, 6.45) is 1.64. The van der Waals surface area contributed by atoms with Crippen molar-refractivity contribution < 1.29 is 29.3 Å². The molecule has 2 N–H and O–H groups in total. The van der Waals surface area contributed by atoms with Gasteiger partial charge in [0.15, 0.2) is 5.78 Å². The number of carbonyl (C=O) groups is 3. The van der Waals surface area contributed by atoms with E-state index in [-0.39, 0.29) is 42.2 Å². The number of fused-ring (bicyclic) bond motifs is 4. The van der Waals surface area contributed by atoms with Crippen LogP contribution in [0, 0.1) is 33.5 Å². The second-order valence-electron chi connectivity index (χ2n) is 13.0. The molecule has 33 heavy (non-hydrogen) atoms. The Morgan fingerprint density at radius 3 is 2.21 bits per heavy atom. The predicted octanol–water partition coefficient (Wildman–Crippen LogP) is 3.52. The number of carbonyl (C=O) groups excluding carboxylic acids is 3. The van der Waals surface area contributed by atoms with Crippen LogP contribution in [0.15, 0.2) is 11.1 Å². The Hall–Kier alpha value is -1.53. The highest BCUT2D eigenvalue weighted by Gasteiger charge is 2.72. The normalized spacial score (nSPS) is 51.2. The van der Waals surface area contributed by atoms with Crippen LogP contribution in [0.25, 0.3) is 0 Å². The quantitative estimate of drug-likeness (QED) is 0.583. The van der Waals surface area contributed by atoms with Gasteiger partial charge in [-0.15, -0.1) is 0 Å². The molecule has 0 aromatic carbocycles. The predicted molar refractivity (Wildman–Crippen MR) is 121 cm³/mol. The first-order valence-corrected chi connectivity index (χ1v) is 12.5. The molecule has 8 atom stereocenters. The number of hydrogen-bond acceptors (Lipinski definition) is 6. The second-order valence-corrected chi connectivity index (χ2v) is 13.0. The number of cyclic esters (lactones) is 1. The zero-order chi connectivity index (χ0) is 24.4. The van der Waals surface area contributed by atoms with Gasteiger partial charge in [-0.1, -0.05) is 27.7 Å². The van der Waals surface area contributed by atoms with Gasteiger partial charge in [0.05, 0.1) is 17.6 Å². The van der Waals surface area contributed by atoms with Crippen molar-refractivity contribution in [3.8, 4) is 0 Å². The molecule has 3 fully saturated rings. The lowest BCUT2D eigenvalue weighted by Crippen LogP contribution is -2.61. The van der Waals surface area contributed by atoms with E-state index >= 15 is 0 Å². The van der Waals surface area contributed by atoms with Crippen molar-refractivity contribution in [3.05, 3.63) is 11.1 Å². The van der Waals surface area contributed by atoms with Gasteiger partial charge >= 0.3 is 5.97 Å². The first-order chi connectivity index (χ1) is 15.1. The van der Waals surface area contributed by atoms with Crippen LogP contribution in [-0.4, -0.2) is 45.6 Å². The van der Waals surface area contributed by atoms with Gasteiger partial charge in [0.1, 0.15) is 11.4 Å². The van der Waals surface area contributed by atoms with E-state index in [9.17, 15) is 24.6 Å². The van der Waals surface area contributed by atoms with Crippen molar-refractivity contribution in [2.24, 2.45) is 33.5 Å². The molecular weight excluding hydrogens is 420 g/mol. The van der Waals surface area contributed by atoms with E-state index in [4.69, 9.17) is 4.74 Å². The Balaban J connectivity index is 1.69. The first kappa shape index (κ1) is 23.2. The topological polar surface area (TPSA) is 101 Å². The van der Waals surface area contributed by atoms with Gasteiger partial charge in [-0.05, 0) is 67.3 Å². The number of allylic oxidation sites excluding steroid dienone is 1. The van der Waals surface area contributed by atoms with Gasteiger partial charge in [0, 0.05) is 30.8 Å². The second kappa shape index (κ2) is 6.57. The molecule has 1 unspecified atom stereocenters. The molecule has 6 nitrogen and oxygen atoms in total. The fourth-order valence-electron chi connectivity index (χ4n) is 9.08. The van der Waals surface area contributed by atoms with Gasteiger partial charge in [-0.25, -0.2) is 0 Å². The van der Waals surface area contributed by atoms with E-state index < -0.39 is 39.5 Å². The van der Waals surface area contributed by atoms with Crippen LogP contribution in [0.2, 0.25) is 0 Å². The van der Waals surface area contributed by atoms with Crippen molar-refractivity contribution in [2.75, 3.05) is 0 Å². The minimum Gasteiger partial charge on any atom is -0.459 e. The summed E-state index contributed by atoms with van der Waals surface area (Å²) in [4.78, 5) is 39.9. The van der Waals surface area contributed by atoms with Gasteiger partial charge < -0.3 is 14.9 Å². The number of aliphatic hydroxyl groups is 2. The molecule has 6 heteroatoms. The molecule has 5 aliphatic rings. The highest BCUT2D eigenvalue weighted by molar-refractivity contribution is 6.05. The van der Waals surface area contributed by atoms with E-state index in [0.29, 0.717) is 43.3 Å². The number of aliphatic hydroxyl groups excluding tert-OH is 2. The summed E-state index contributed by atoms with van der Waals surface area (Å²) in [6.45, 7) is 12.0. The van der Waals surface area contributed by atoms with E-state index in [2.05, 4.69) is 6.92 Å². The van der Waals surface area contributed by atoms with Gasteiger partial charge in [-0.2, -0.15) is 0 Å². The molecule has 5 rings (SSSR count). The molecule has 1 aliphatic heterocycles. The van der Waals surface area contributed by atoms with E-state index in [1.807, 2.05) is 34.6 Å². The molecule has 2 saturated carbocycles. The average molecular weight is 459 g/mol. The summed E-state index contributed by atoms with van der Waals surface area (Å²) in [7, 11) is 0. The number of esters is 1.